The van der Waals surface area contributed by atoms with Crippen molar-refractivity contribution in [1.82, 2.24) is 5.32 Å². The molecule has 0 saturated heterocycles. The predicted molar refractivity (Wildman–Crippen MR) is 67.4 cm³/mol. The van der Waals surface area contributed by atoms with Crippen molar-refractivity contribution in [2.45, 2.75) is 39.5 Å². The van der Waals surface area contributed by atoms with Gasteiger partial charge in [-0.3, -0.25) is 0 Å². The summed E-state index contributed by atoms with van der Waals surface area (Å²) >= 11 is 0. The van der Waals surface area contributed by atoms with Gasteiger partial charge in [-0.1, -0.05) is 13.8 Å². The first kappa shape index (κ1) is 13.2. The van der Waals surface area contributed by atoms with Crippen LogP contribution in [0, 0.1) is 19.7 Å². The van der Waals surface area contributed by atoms with Gasteiger partial charge in [0.15, 0.2) is 0 Å². The molecule has 0 spiro atoms. The lowest BCUT2D eigenvalue weighted by Crippen LogP contribution is -2.25. The molecule has 1 rings (SSSR count). The Kier molecular flexibility index (Phi) is 4.09. The average Bonchev–Trinajstić information content (AvgIpc) is 2.12. The summed E-state index contributed by atoms with van der Waals surface area (Å²) in [6.45, 7) is 9.40. The molecule has 90 valence electrons. The van der Waals surface area contributed by atoms with Crippen molar-refractivity contribution < 1.29 is 4.39 Å². The van der Waals surface area contributed by atoms with Crippen molar-refractivity contribution in [1.29, 1.82) is 0 Å². The first-order valence-corrected chi connectivity index (χ1v) is 5.80. The third-order valence-electron chi connectivity index (χ3n) is 3.17. The normalized spacial score (nSPS) is 11.9. The Morgan fingerprint density at radius 1 is 1.19 bits per heavy atom. The monoisotopic (exact) mass is 223 g/mol. The van der Waals surface area contributed by atoms with Crippen LogP contribution in [0.5, 0.6) is 0 Å². The number of rotatable bonds is 4. The standard InChI is InChI=1S/C14H22FN/c1-10-8-12(15)9-11(2)13(10)14(3,4)6-7-16-5/h8-9,16H,6-7H2,1-5H3. The molecule has 0 fully saturated rings. The summed E-state index contributed by atoms with van der Waals surface area (Å²) in [4.78, 5) is 0. The van der Waals surface area contributed by atoms with Crippen LogP contribution in [-0.2, 0) is 5.41 Å². The molecule has 0 unspecified atom stereocenters. The summed E-state index contributed by atoms with van der Waals surface area (Å²) in [5.74, 6) is -0.136. The highest BCUT2D eigenvalue weighted by molar-refractivity contribution is 5.39. The van der Waals surface area contributed by atoms with E-state index in [0.717, 1.165) is 24.1 Å². The van der Waals surface area contributed by atoms with Crippen molar-refractivity contribution >= 4 is 0 Å². The fourth-order valence-electron chi connectivity index (χ4n) is 2.54. The Balaban J connectivity index is 3.11. The molecule has 1 nitrogen and oxygen atoms in total. The van der Waals surface area contributed by atoms with Crippen LogP contribution in [0.3, 0.4) is 0 Å². The molecule has 1 aromatic carbocycles. The molecular formula is C14H22FN. The third kappa shape index (κ3) is 2.82. The fraction of sp³-hybridized carbons (Fsp3) is 0.571. The molecular weight excluding hydrogens is 201 g/mol. The second-order valence-corrected chi connectivity index (χ2v) is 5.15. The zero-order valence-corrected chi connectivity index (χ0v) is 10.9. The highest BCUT2D eigenvalue weighted by atomic mass is 19.1. The maximum absolute atomic E-state index is 13.2. The van der Waals surface area contributed by atoms with E-state index in [-0.39, 0.29) is 11.2 Å². The highest BCUT2D eigenvalue weighted by Gasteiger charge is 2.24. The van der Waals surface area contributed by atoms with E-state index in [2.05, 4.69) is 19.2 Å². The maximum Gasteiger partial charge on any atom is 0.123 e. The Labute approximate surface area is 98.1 Å². The van der Waals surface area contributed by atoms with E-state index in [0.29, 0.717) is 0 Å². The molecule has 1 aromatic rings. The molecule has 0 aliphatic rings. The van der Waals surface area contributed by atoms with Gasteiger partial charge in [-0.15, -0.1) is 0 Å². The Hall–Kier alpha value is -0.890. The van der Waals surface area contributed by atoms with E-state index < -0.39 is 0 Å². The molecule has 2 heteroatoms. The topological polar surface area (TPSA) is 12.0 Å². The minimum Gasteiger partial charge on any atom is -0.320 e. The molecule has 0 aromatic heterocycles. The summed E-state index contributed by atoms with van der Waals surface area (Å²) < 4.78 is 13.2. The molecule has 0 heterocycles. The first-order chi connectivity index (χ1) is 7.38. The number of aryl methyl sites for hydroxylation is 2. The molecule has 16 heavy (non-hydrogen) atoms. The zero-order valence-electron chi connectivity index (χ0n) is 10.9. The van der Waals surface area contributed by atoms with E-state index >= 15 is 0 Å². The van der Waals surface area contributed by atoms with Crippen molar-refractivity contribution in [2.75, 3.05) is 13.6 Å². The number of benzene rings is 1. The molecule has 0 aliphatic heterocycles. The lowest BCUT2D eigenvalue weighted by Gasteiger charge is -2.29. The Morgan fingerprint density at radius 3 is 2.12 bits per heavy atom. The van der Waals surface area contributed by atoms with Crippen molar-refractivity contribution in [3.8, 4) is 0 Å². The van der Waals surface area contributed by atoms with Gasteiger partial charge in [-0.2, -0.15) is 0 Å². The lowest BCUT2D eigenvalue weighted by molar-refractivity contribution is 0.462. The molecule has 0 saturated carbocycles. The minimum absolute atomic E-state index is 0.0882. The smallest absolute Gasteiger partial charge is 0.123 e. The maximum atomic E-state index is 13.2. The van der Waals surface area contributed by atoms with E-state index in [1.54, 1.807) is 12.1 Å². The van der Waals surface area contributed by atoms with Gasteiger partial charge >= 0.3 is 0 Å². The predicted octanol–water partition coefficient (Wildman–Crippen LogP) is 3.33. The van der Waals surface area contributed by atoms with Gasteiger partial charge in [0.2, 0.25) is 0 Å². The molecule has 0 atom stereocenters. The van der Waals surface area contributed by atoms with E-state index in [4.69, 9.17) is 0 Å². The molecule has 0 aliphatic carbocycles. The van der Waals surface area contributed by atoms with Gasteiger partial charge in [0.1, 0.15) is 5.82 Å². The summed E-state index contributed by atoms with van der Waals surface area (Å²) in [5, 5.41) is 3.17. The van der Waals surface area contributed by atoms with Gasteiger partial charge in [0, 0.05) is 0 Å². The number of hydrogen-bond donors (Lipinski definition) is 1. The van der Waals surface area contributed by atoms with Crippen LogP contribution in [0.4, 0.5) is 4.39 Å². The number of hydrogen-bond acceptors (Lipinski definition) is 1. The van der Waals surface area contributed by atoms with Crippen molar-refractivity contribution in [3.05, 3.63) is 34.6 Å². The largest absolute Gasteiger partial charge is 0.320 e. The highest BCUT2D eigenvalue weighted by Crippen LogP contribution is 2.32. The zero-order chi connectivity index (χ0) is 12.3. The second kappa shape index (κ2) is 4.96. The summed E-state index contributed by atoms with van der Waals surface area (Å²) in [6, 6.07) is 3.26. The van der Waals surface area contributed by atoms with E-state index in [1.807, 2.05) is 20.9 Å². The summed E-state index contributed by atoms with van der Waals surface area (Å²) in [5.41, 5.74) is 3.48. The quantitative estimate of drug-likeness (QED) is 0.825. The van der Waals surface area contributed by atoms with Crippen LogP contribution >= 0.6 is 0 Å². The van der Waals surface area contributed by atoms with Crippen molar-refractivity contribution in [2.24, 2.45) is 0 Å². The third-order valence-corrected chi connectivity index (χ3v) is 3.17. The average molecular weight is 223 g/mol. The summed E-state index contributed by atoms with van der Waals surface area (Å²) in [6.07, 6.45) is 1.05. The van der Waals surface area contributed by atoms with Gasteiger partial charge in [0.25, 0.3) is 0 Å². The molecule has 0 radical (unpaired) electrons. The van der Waals surface area contributed by atoms with Crippen molar-refractivity contribution in [3.63, 3.8) is 0 Å². The van der Waals surface area contributed by atoms with Crippen LogP contribution in [0.15, 0.2) is 12.1 Å². The molecule has 0 bridgehead atoms. The van der Waals surface area contributed by atoms with E-state index in [1.165, 1.54) is 5.56 Å². The lowest BCUT2D eigenvalue weighted by atomic mass is 9.77. The van der Waals surface area contributed by atoms with Gasteiger partial charge in [-0.05, 0) is 68.1 Å². The van der Waals surface area contributed by atoms with Crippen LogP contribution in [0.1, 0.15) is 37.0 Å². The van der Waals surface area contributed by atoms with Crippen LogP contribution in [0.2, 0.25) is 0 Å². The minimum atomic E-state index is -0.136. The Morgan fingerprint density at radius 2 is 1.69 bits per heavy atom. The van der Waals surface area contributed by atoms with Crippen LogP contribution < -0.4 is 5.32 Å². The van der Waals surface area contributed by atoms with Crippen LogP contribution in [0.25, 0.3) is 0 Å². The number of halogens is 1. The van der Waals surface area contributed by atoms with Gasteiger partial charge < -0.3 is 5.32 Å². The van der Waals surface area contributed by atoms with Crippen LogP contribution in [-0.4, -0.2) is 13.6 Å². The molecule has 0 amide bonds. The Bertz CT molecular complexity index is 346. The molecule has 1 N–H and O–H groups in total. The summed E-state index contributed by atoms with van der Waals surface area (Å²) in [7, 11) is 1.96. The fourth-order valence-corrected chi connectivity index (χ4v) is 2.54. The van der Waals surface area contributed by atoms with E-state index in [9.17, 15) is 4.39 Å². The first-order valence-electron chi connectivity index (χ1n) is 5.80. The number of nitrogens with one attached hydrogen (secondary N) is 1. The second-order valence-electron chi connectivity index (χ2n) is 5.15. The SMILES string of the molecule is CNCCC(C)(C)c1c(C)cc(F)cc1C. The van der Waals surface area contributed by atoms with Gasteiger partial charge in [0.05, 0.1) is 0 Å². The van der Waals surface area contributed by atoms with Gasteiger partial charge in [-0.25, -0.2) is 4.39 Å².